The first kappa shape index (κ1) is 19.8. The summed E-state index contributed by atoms with van der Waals surface area (Å²) in [5, 5.41) is 14.9. The summed E-state index contributed by atoms with van der Waals surface area (Å²) < 4.78 is 30.2. The van der Waals surface area contributed by atoms with Gasteiger partial charge in [0.15, 0.2) is 28.9 Å². The van der Waals surface area contributed by atoms with Gasteiger partial charge in [0, 0.05) is 54.1 Å². The van der Waals surface area contributed by atoms with Crippen LogP contribution in [0.2, 0.25) is 0 Å². The minimum Gasteiger partial charge on any atom is -0.494 e. The first-order chi connectivity index (χ1) is 16.8. The number of rotatable bonds is 4. The molecule has 1 aromatic heterocycles. The van der Waals surface area contributed by atoms with Crippen LogP contribution in [0.15, 0.2) is 42.6 Å². The highest BCUT2D eigenvalue weighted by molar-refractivity contribution is 6.17. The van der Waals surface area contributed by atoms with Gasteiger partial charge in [0.25, 0.3) is 0 Å². The van der Waals surface area contributed by atoms with E-state index in [9.17, 15) is 5.11 Å². The molecule has 0 radical (unpaired) electrons. The SMILES string of the molecule is Oc1c2cc3ccc4c(c3c(-c3ccc5c(c3)OCO5)c2cn1CCN1CCOCC1)OCO4. The molecule has 1 saturated heterocycles. The van der Waals surface area contributed by atoms with Crippen molar-refractivity contribution in [1.29, 1.82) is 0 Å². The Kier molecular flexibility index (Phi) is 4.50. The van der Waals surface area contributed by atoms with Crippen LogP contribution in [0.1, 0.15) is 0 Å². The maximum atomic E-state index is 11.2. The Bertz CT molecular complexity index is 1420. The lowest BCUT2D eigenvalue weighted by Gasteiger charge is -2.26. The number of ether oxygens (including phenoxy) is 5. The minimum absolute atomic E-state index is 0.193. The molecule has 0 bridgehead atoms. The van der Waals surface area contributed by atoms with Gasteiger partial charge in [-0.25, -0.2) is 0 Å². The van der Waals surface area contributed by atoms with E-state index in [0.717, 1.165) is 82.8 Å². The van der Waals surface area contributed by atoms with Gasteiger partial charge in [-0.1, -0.05) is 12.1 Å². The highest BCUT2D eigenvalue weighted by atomic mass is 16.7. The number of fused-ring (bicyclic) bond motifs is 5. The van der Waals surface area contributed by atoms with Gasteiger partial charge in [-0.3, -0.25) is 4.90 Å². The number of aromatic hydroxyl groups is 1. The van der Waals surface area contributed by atoms with Gasteiger partial charge in [0.2, 0.25) is 13.6 Å². The van der Waals surface area contributed by atoms with Crippen LogP contribution in [-0.2, 0) is 11.3 Å². The van der Waals surface area contributed by atoms with Crippen molar-refractivity contribution in [3.8, 4) is 40.0 Å². The summed E-state index contributed by atoms with van der Waals surface area (Å²) in [6, 6.07) is 11.9. The van der Waals surface area contributed by atoms with Crippen LogP contribution in [0, 0.1) is 0 Å². The van der Waals surface area contributed by atoms with E-state index in [-0.39, 0.29) is 19.5 Å². The molecule has 0 saturated carbocycles. The number of morpholine rings is 1. The molecule has 4 heterocycles. The topological polar surface area (TPSA) is 74.6 Å². The van der Waals surface area contributed by atoms with Crippen LogP contribution < -0.4 is 18.9 Å². The monoisotopic (exact) mass is 460 g/mol. The van der Waals surface area contributed by atoms with E-state index in [2.05, 4.69) is 4.90 Å². The summed E-state index contributed by atoms with van der Waals surface area (Å²) >= 11 is 0. The van der Waals surface area contributed by atoms with Crippen LogP contribution in [0.3, 0.4) is 0 Å². The molecule has 1 fully saturated rings. The molecule has 174 valence electrons. The Morgan fingerprint density at radius 1 is 0.794 bits per heavy atom. The molecule has 0 unspecified atom stereocenters. The van der Waals surface area contributed by atoms with E-state index in [0.29, 0.717) is 12.3 Å². The third kappa shape index (κ3) is 3.06. The second kappa shape index (κ2) is 7.72. The van der Waals surface area contributed by atoms with Crippen LogP contribution in [0.5, 0.6) is 28.9 Å². The van der Waals surface area contributed by atoms with Gasteiger partial charge < -0.3 is 33.4 Å². The highest BCUT2D eigenvalue weighted by Crippen LogP contribution is 2.49. The zero-order valence-corrected chi connectivity index (χ0v) is 18.6. The number of nitrogens with zero attached hydrogens (tertiary/aromatic N) is 2. The van der Waals surface area contributed by atoms with Gasteiger partial charge >= 0.3 is 0 Å². The molecule has 34 heavy (non-hydrogen) atoms. The fourth-order valence-corrected chi connectivity index (χ4v) is 5.16. The first-order valence-electron chi connectivity index (χ1n) is 11.5. The molecule has 4 aromatic rings. The Morgan fingerprint density at radius 3 is 2.50 bits per heavy atom. The Hall–Kier alpha value is -3.62. The highest BCUT2D eigenvalue weighted by Gasteiger charge is 2.25. The van der Waals surface area contributed by atoms with E-state index >= 15 is 0 Å². The largest absolute Gasteiger partial charge is 0.494 e. The zero-order valence-electron chi connectivity index (χ0n) is 18.6. The van der Waals surface area contributed by atoms with Crippen LogP contribution in [-0.4, -0.2) is 61.0 Å². The second-order valence-electron chi connectivity index (χ2n) is 8.78. The van der Waals surface area contributed by atoms with Crippen molar-refractivity contribution < 1.29 is 28.8 Å². The van der Waals surface area contributed by atoms with Crippen LogP contribution in [0.25, 0.3) is 32.7 Å². The maximum Gasteiger partial charge on any atom is 0.231 e. The molecular formula is C26H24N2O6. The molecule has 0 atom stereocenters. The predicted octanol–water partition coefficient (Wildman–Crippen LogP) is 3.96. The second-order valence-corrected chi connectivity index (χ2v) is 8.78. The van der Waals surface area contributed by atoms with Crippen LogP contribution >= 0.6 is 0 Å². The van der Waals surface area contributed by atoms with Crippen molar-refractivity contribution in [2.24, 2.45) is 0 Å². The standard InChI is InChI=1S/C26H24N2O6/c29-26-18-11-16-2-4-21-25(34-15-32-21)24(16)23(17-1-3-20-22(12-17)33-14-31-20)19(18)13-28(26)6-5-27-7-9-30-10-8-27/h1-4,11-13,29H,5-10,14-15H2. The zero-order chi connectivity index (χ0) is 22.6. The normalized spacial score (nSPS) is 17.2. The molecule has 3 aliphatic heterocycles. The smallest absolute Gasteiger partial charge is 0.231 e. The van der Waals surface area contributed by atoms with Gasteiger partial charge in [-0.05, 0) is 35.2 Å². The van der Waals surface area contributed by atoms with Crippen molar-refractivity contribution >= 4 is 21.5 Å². The molecule has 0 aliphatic carbocycles. The Labute approximate surface area is 195 Å². The number of aromatic nitrogens is 1. The quantitative estimate of drug-likeness (QED) is 0.494. The van der Waals surface area contributed by atoms with Gasteiger partial charge in [0.1, 0.15) is 0 Å². The summed E-state index contributed by atoms with van der Waals surface area (Å²) in [5.41, 5.74) is 1.95. The molecule has 1 N–H and O–H groups in total. The predicted molar refractivity (Wildman–Crippen MR) is 126 cm³/mol. The van der Waals surface area contributed by atoms with E-state index < -0.39 is 0 Å². The molecule has 3 aromatic carbocycles. The lowest BCUT2D eigenvalue weighted by molar-refractivity contribution is 0.0362. The summed E-state index contributed by atoms with van der Waals surface area (Å²) in [6.07, 6.45) is 2.04. The van der Waals surface area contributed by atoms with Crippen molar-refractivity contribution in [2.45, 2.75) is 6.54 Å². The van der Waals surface area contributed by atoms with E-state index in [1.54, 1.807) is 0 Å². The fraction of sp³-hybridized carbons (Fsp3) is 0.308. The van der Waals surface area contributed by atoms with Gasteiger partial charge in [-0.2, -0.15) is 0 Å². The number of hydrogen-bond acceptors (Lipinski definition) is 7. The molecule has 7 rings (SSSR count). The molecule has 8 heteroatoms. The number of benzene rings is 3. The lowest BCUT2D eigenvalue weighted by atomic mass is 9.93. The third-order valence-electron chi connectivity index (χ3n) is 6.90. The van der Waals surface area contributed by atoms with E-state index in [4.69, 9.17) is 23.7 Å². The molecule has 0 amide bonds. The van der Waals surface area contributed by atoms with E-state index in [1.165, 1.54) is 0 Å². The van der Waals surface area contributed by atoms with Crippen molar-refractivity contribution in [3.05, 3.63) is 42.6 Å². The van der Waals surface area contributed by atoms with Gasteiger partial charge in [-0.15, -0.1) is 0 Å². The van der Waals surface area contributed by atoms with Gasteiger partial charge in [0.05, 0.1) is 13.2 Å². The average molecular weight is 460 g/mol. The molecule has 3 aliphatic rings. The maximum absolute atomic E-state index is 11.2. The fourth-order valence-electron chi connectivity index (χ4n) is 5.16. The molecule has 8 nitrogen and oxygen atoms in total. The van der Waals surface area contributed by atoms with E-state index in [1.807, 2.05) is 47.2 Å². The van der Waals surface area contributed by atoms with Crippen LogP contribution in [0.4, 0.5) is 0 Å². The Morgan fingerprint density at radius 2 is 1.59 bits per heavy atom. The summed E-state index contributed by atoms with van der Waals surface area (Å²) in [6.45, 7) is 5.29. The Balaban J connectivity index is 1.42. The lowest BCUT2D eigenvalue weighted by Crippen LogP contribution is -2.38. The number of hydrogen-bond donors (Lipinski definition) is 1. The molecular weight excluding hydrogens is 436 g/mol. The first-order valence-corrected chi connectivity index (χ1v) is 11.5. The van der Waals surface area contributed by atoms with Crippen molar-refractivity contribution in [3.63, 3.8) is 0 Å². The third-order valence-corrected chi connectivity index (χ3v) is 6.90. The molecule has 0 spiro atoms. The average Bonchev–Trinajstić information content (AvgIpc) is 3.61. The summed E-state index contributed by atoms with van der Waals surface area (Å²) in [7, 11) is 0. The minimum atomic E-state index is 0.193. The summed E-state index contributed by atoms with van der Waals surface area (Å²) in [5.74, 6) is 3.17. The van der Waals surface area contributed by atoms with Crippen molar-refractivity contribution in [2.75, 3.05) is 46.4 Å². The van der Waals surface area contributed by atoms with Crippen molar-refractivity contribution in [1.82, 2.24) is 9.47 Å². The summed E-state index contributed by atoms with van der Waals surface area (Å²) in [4.78, 5) is 2.36.